The predicted molar refractivity (Wildman–Crippen MR) is 120 cm³/mol. The van der Waals surface area contributed by atoms with Gasteiger partial charge in [-0.3, -0.25) is 0 Å². The Hall–Kier alpha value is -3.37. The van der Waals surface area contributed by atoms with E-state index in [0.717, 1.165) is 6.26 Å². The van der Waals surface area contributed by atoms with Crippen molar-refractivity contribution in [2.45, 2.75) is 29.9 Å². The van der Waals surface area contributed by atoms with E-state index in [1.165, 1.54) is 36.4 Å². The largest absolute Gasteiger partial charge is 0.435 e. The smallest absolute Gasteiger partial charge is 0.387 e. The number of pyridine rings is 1. The van der Waals surface area contributed by atoms with Crippen LogP contribution in [-0.4, -0.2) is 30.7 Å². The normalized spacial score (nSPS) is 17.9. The van der Waals surface area contributed by atoms with Crippen LogP contribution in [0.4, 0.5) is 13.2 Å². The van der Waals surface area contributed by atoms with Gasteiger partial charge in [0.2, 0.25) is 0 Å². The van der Waals surface area contributed by atoms with E-state index in [0.29, 0.717) is 34.6 Å². The van der Waals surface area contributed by atoms with E-state index in [-0.39, 0.29) is 22.1 Å². The summed E-state index contributed by atoms with van der Waals surface area (Å²) in [5.74, 6) is -0.869. The molecule has 4 aromatic rings. The van der Waals surface area contributed by atoms with Gasteiger partial charge in [-0.1, -0.05) is 30.3 Å². The summed E-state index contributed by atoms with van der Waals surface area (Å²) < 4.78 is 71.0. The second-order valence-corrected chi connectivity index (χ2v) is 10.3. The summed E-state index contributed by atoms with van der Waals surface area (Å²) in [6.45, 7) is -2.98. The van der Waals surface area contributed by atoms with Gasteiger partial charge in [-0.15, -0.1) is 0 Å². The van der Waals surface area contributed by atoms with Crippen LogP contribution in [0.3, 0.4) is 0 Å². The summed E-state index contributed by atoms with van der Waals surface area (Å²) >= 11 is 0. The molecule has 2 aromatic carbocycles. The third-order valence-electron chi connectivity index (χ3n) is 6.05. The van der Waals surface area contributed by atoms with Gasteiger partial charge in [-0.2, -0.15) is 8.78 Å². The van der Waals surface area contributed by atoms with Crippen LogP contribution < -0.4 is 10.5 Å². The molecule has 34 heavy (non-hydrogen) atoms. The molecular formula is C24H20F3N3O3S. The first-order valence-corrected chi connectivity index (χ1v) is 12.3. The third-order valence-corrected chi connectivity index (χ3v) is 7.18. The molecule has 0 fully saturated rings. The molecule has 1 aliphatic rings. The highest BCUT2D eigenvalue weighted by Gasteiger charge is 2.36. The molecule has 0 aliphatic heterocycles. The summed E-state index contributed by atoms with van der Waals surface area (Å²) in [7, 11) is -3.39. The van der Waals surface area contributed by atoms with Crippen LogP contribution in [0.2, 0.25) is 0 Å². The highest BCUT2D eigenvalue weighted by atomic mass is 32.2. The zero-order valence-corrected chi connectivity index (χ0v) is 18.8. The standard InChI is InChI=1S/C24H20F3N3O3S/c1-34(31,32)14-8-6-13(7-9-14)17-12-30-21(11-18(17)25)29-22-19(28)10-16(23(22)30)15-4-2-3-5-20(15)33-24(26)27/h2-9,11-12,16,19,24H,10,28H2,1H3/t16-,19?/m1/s1. The van der Waals surface area contributed by atoms with Crippen LogP contribution in [0.1, 0.15) is 35.3 Å². The Labute approximate surface area is 193 Å². The highest BCUT2D eigenvalue weighted by molar-refractivity contribution is 7.90. The van der Waals surface area contributed by atoms with Gasteiger partial charge in [-0.05, 0) is 30.2 Å². The van der Waals surface area contributed by atoms with Crippen LogP contribution in [0.5, 0.6) is 5.75 Å². The number of alkyl halides is 2. The van der Waals surface area contributed by atoms with Gasteiger partial charge in [0.25, 0.3) is 0 Å². The molecule has 1 unspecified atom stereocenters. The van der Waals surface area contributed by atoms with Crippen LogP contribution in [0.25, 0.3) is 16.8 Å². The molecule has 10 heteroatoms. The molecule has 2 N–H and O–H groups in total. The number of hydrogen-bond acceptors (Lipinski definition) is 5. The van der Waals surface area contributed by atoms with Crippen molar-refractivity contribution in [2.24, 2.45) is 5.73 Å². The van der Waals surface area contributed by atoms with E-state index in [1.54, 1.807) is 28.8 Å². The first-order valence-electron chi connectivity index (χ1n) is 10.4. The Morgan fingerprint density at radius 2 is 1.85 bits per heavy atom. The number of imidazole rings is 1. The summed E-state index contributed by atoms with van der Waals surface area (Å²) in [6.07, 6.45) is 3.11. The molecule has 2 atom stereocenters. The molecule has 0 saturated carbocycles. The topological polar surface area (TPSA) is 86.7 Å². The van der Waals surface area contributed by atoms with E-state index in [4.69, 9.17) is 10.5 Å². The SMILES string of the molecule is CS(=O)(=O)c1ccc(-c2cn3c4c(nc3cc2F)C(N)C[C@@H]4c2ccccc2OC(F)F)cc1. The van der Waals surface area contributed by atoms with Gasteiger partial charge in [-0.25, -0.2) is 17.8 Å². The number of rotatable bonds is 5. The zero-order valence-electron chi connectivity index (χ0n) is 18.0. The molecule has 5 rings (SSSR count). The van der Waals surface area contributed by atoms with Crippen molar-refractivity contribution in [3.8, 4) is 16.9 Å². The van der Waals surface area contributed by atoms with Crippen molar-refractivity contribution in [3.63, 3.8) is 0 Å². The van der Waals surface area contributed by atoms with E-state index in [9.17, 15) is 17.2 Å². The van der Waals surface area contributed by atoms with Crippen molar-refractivity contribution < 1.29 is 26.3 Å². The number of sulfone groups is 1. The first-order chi connectivity index (χ1) is 16.1. The number of nitrogens with zero attached hydrogens (tertiary/aromatic N) is 2. The number of aromatic nitrogens is 2. The average molecular weight is 488 g/mol. The Morgan fingerprint density at radius 3 is 2.53 bits per heavy atom. The Morgan fingerprint density at radius 1 is 1.15 bits per heavy atom. The predicted octanol–water partition coefficient (Wildman–Crippen LogP) is 4.68. The van der Waals surface area contributed by atoms with Crippen molar-refractivity contribution in [1.82, 2.24) is 9.38 Å². The van der Waals surface area contributed by atoms with E-state index >= 15 is 4.39 Å². The lowest BCUT2D eigenvalue weighted by atomic mass is 9.95. The number of benzene rings is 2. The van der Waals surface area contributed by atoms with Gasteiger partial charge >= 0.3 is 6.61 Å². The van der Waals surface area contributed by atoms with Crippen LogP contribution >= 0.6 is 0 Å². The Kier molecular flexibility index (Phi) is 5.37. The number of para-hydroxylation sites is 1. The van der Waals surface area contributed by atoms with Crippen molar-refractivity contribution in [1.29, 1.82) is 0 Å². The minimum absolute atomic E-state index is 0.0520. The summed E-state index contributed by atoms with van der Waals surface area (Å²) in [5, 5.41) is 0. The molecule has 1 aliphatic carbocycles. The minimum atomic E-state index is -3.39. The maximum absolute atomic E-state index is 15.0. The number of ether oxygens (including phenoxy) is 1. The van der Waals surface area contributed by atoms with E-state index < -0.39 is 28.3 Å². The highest BCUT2D eigenvalue weighted by Crippen LogP contribution is 2.46. The second kappa shape index (κ2) is 8.14. The molecule has 0 radical (unpaired) electrons. The van der Waals surface area contributed by atoms with Crippen molar-refractivity contribution >= 4 is 15.5 Å². The van der Waals surface area contributed by atoms with Gasteiger partial charge in [0, 0.05) is 41.6 Å². The monoisotopic (exact) mass is 487 g/mol. The molecule has 0 spiro atoms. The van der Waals surface area contributed by atoms with Gasteiger partial charge in [0.15, 0.2) is 9.84 Å². The quantitative estimate of drug-likeness (QED) is 0.442. The first kappa shape index (κ1) is 22.4. The maximum Gasteiger partial charge on any atom is 0.387 e. The molecular weight excluding hydrogens is 467 g/mol. The summed E-state index contributed by atoms with van der Waals surface area (Å²) in [5.41, 5.74) is 9.17. The number of fused-ring (bicyclic) bond motifs is 3. The lowest BCUT2D eigenvalue weighted by Gasteiger charge is -2.18. The van der Waals surface area contributed by atoms with Crippen molar-refractivity contribution in [3.05, 3.63) is 83.6 Å². The maximum atomic E-state index is 15.0. The van der Waals surface area contributed by atoms with Crippen LogP contribution in [-0.2, 0) is 9.84 Å². The van der Waals surface area contributed by atoms with Gasteiger partial charge in [0.05, 0.1) is 16.3 Å². The fraction of sp³-hybridized carbons (Fsp3) is 0.208. The minimum Gasteiger partial charge on any atom is -0.435 e. The Balaban J connectivity index is 1.65. The molecule has 0 saturated heterocycles. The lowest BCUT2D eigenvalue weighted by Crippen LogP contribution is -2.10. The molecule has 176 valence electrons. The van der Waals surface area contributed by atoms with E-state index in [2.05, 4.69) is 4.98 Å². The molecule has 0 amide bonds. The molecule has 0 bridgehead atoms. The van der Waals surface area contributed by atoms with Gasteiger partial charge < -0.3 is 14.9 Å². The molecule has 2 aromatic heterocycles. The molecule has 2 heterocycles. The van der Waals surface area contributed by atoms with Crippen molar-refractivity contribution in [2.75, 3.05) is 6.26 Å². The third kappa shape index (κ3) is 3.82. The van der Waals surface area contributed by atoms with Crippen LogP contribution in [0, 0.1) is 5.82 Å². The van der Waals surface area contributed by atoms with Crippen LogP contribution in [0.15, 0.2) is 65.7 Å². The Bertz CT molecular complexity index is 1500. The summed E-state index contributed by atoms with van der Waals surface area (Å²) in [6, 6.07) is 13.3. The molecule has 6 nitrogen and oxygen atoms in total. The average Bonchev–Trinajstić information content (AvgIpc) is 3.29. The number of hydrogen-bond donors (Lipinski definition) is 1. The lowest BCUT2D eigenvalue weighted by molar-refractivity contribution is -0.0505. The fourth-order valence-corrected chi connectivity index (χ4v) is 5.17. The number of halogens is 3. The zero-order chi connectivity index (χ0) is 24.2. The second-order valence-electron chi connectivity index (χ2n) is 8.25. The van der Waals surface area contributed by atoms with E-state index in [1.807, 2.05) is 0 Å². The summed E-state index contributed by atoms with van der Waals surface area (Å²) in [4.78, 5) is 4.64. The fourth-order valence-electron chi connectivity index (χ4n) is 4.54. The number of nitrogens with two attached hydrogens (primary N) is 1. The van der Waals surface area contributed by atoms with Gasteiger partial charge in [0.1, 0.15) is 17.2 Å².